The number of methoxy groups -OCH3 is 2. The van der Waals surface area contributed by atoms with Gasteiger partial charge < -0.3 is 70.2 Å². The molecule has 14 nitrogen and oxygen atoms in total. The van der Waals surface area contributed by atoms with Crippen molar-refractivity contribution in [3.05, 3.63) is 12.3 Å². The number of hydrogen-bond donors (Lipinski definition) is 10. The van der Waals surface area contributed by atoms with Crippen molar-refractivity contribution in [2.24, 2.45) is 22.2 Å². The number of ether oxygens (including phenoxy) is 4. The summed E-state index contributed by atoms with van der Waals surface area (Å²) in [6.07, 6.45) is 0.0311. The number of unbranched alkanes of at least 4 members (excludes halogenated alkanes) is 3. The maximum Gasteiger partial charge on any atom is 0.186 e. The van der Waals surface area contributed by atoms with Crippen LogP contribution in [0.25, 0.3) is 0 Å². The molecule has 0 radical (unpaired) electrons. The fourth-order valence-corrected chi connectivity index (χ4v) is 6.22. The first-order chi connectivity index (χ1) is 26.1. The predicted octanol–water partition coefficient (Wildman–Crippen LogP) is 3.99. The summed E-state index contributed by atoms with van der Waals surface area (Å²) in [6, 6.07) is 0. The van der Waals surface area contributed by atoms with E-state index in [4.69, 9.17) is 18.9 Å². The molecule has 0 aliphatic carbocycles. The van der Waals surface area contributed by atoms with E-state index in [2.05, 4.69) is 31.4 Å². The molecule has 2 aliphatic heterocycles. The Morgan fingerprint density at radius 2 is 1.19 bits per heavy atom. The minimum atomic E-state index is -1.29. The molecule has 2 heterocycles. The van der Waals surface area contributed by atoms with Crippen molar-refractivity contribution in [2.75, 3.05) is 20.8 Å². The van der Waals surface area contributed by atoms with E-state index in [1.165, 1.54) is 39.2 Å². The van der Waals surface area contributed by atoms with Crippen LogP contribution in [0, 0.1) is 22.2 Å². The highest BCUT2D eigenvalue weighted by Crippen LogP contribution is 2.35. The van der Waals surface area contributed by atoms with Gasteiger partial charge in [0, 0.05) is 26.7 Å². The lowest BCUT2D eigenvalue weighted by molar-refractivity contribution is -0.293. The summed E-state index contributed by atoms with van der Waals surface area (Å²) in [5.41, 5.74) is -0.388. The Bertz CT molecular complexity index is 1010. The minimum Gasteiger partial charge on any atom is -0.391 e. The monoisotopic (exact) mass is 828 g/mol. The summed E-state index contributed by atoms with van der Waals surface area (Å²) in [7, 11) is 2.94. The largest absolute Gasteiger partial charge is 0.391 e. The van der Waals surface area contributed by atoms with Gasteiger partial charge in [0.1, 0.15) is 36.6 Å². The normalized spacial score (nSPS) is 30.4. The summed E-state index contributed by atoms with van der Waals surface area (Å²) >= 11 is 0. The molecular weight excluding hydrogens is 738 g/mol. The Hall–Kier alpha value is -0.980. The fourth-order valence-electron chi connectivity index (χ4n) is 6.22. The molecule has 0 saturated carbocycles. The van der Waals surface area contributed by atoms with Crippen molar-refractivity contribution in [1.29, 1.82) is 0 Å². The molecule has 10 N–H and O–H groups in total. The van der Waals surface area contributed by atoms with Crippen LogP contribution in [0.2, 0.25) is 0 Å². The summed E-state index contributed by atoms with van der Waals surface area (Å²) in [5.74, 6) is -0.219. The zero-order chi connectivity index (χ0) is 44.9. The van der Waals surface area contributed by atoms with Gasteiger partial charge in [-0.25, -0.2) is 0 Å². The van der Waals surface area contributed by atoms with Crippen LogP contribution in [-0.2, 0) is 18.9 Å². The number of allylic oxidation sites excluding steroid dienone is 1. The average molecular weight is 828 g/mol. The zero-order valence-corrected chi connectivity index (χ0v) is 38.3. The molecule has 14 unspecified atom stereocenters. The Morgan fingerprint density at radius 1 is 0.649 bits per heavy atom. The summed E-state index contributed by atoms with van der Waals surface area (Å²) < 4.78 is 21.2. The van der Waals surface area contributed by atoms with Gasteiger partial charge in [0.2, 0.25) is 0 Å². The third kappa shape index (κ3) is 23.6. The van der Waals surface area contributed by atoms with Gasteiger partial charge in [-0.3, -0.25) is 0 Å². The lowest BCUT2D eigenvalue weighted by Crippen LogP contribution is -2.58. The Labute approximate surface area is 346 Å². The van der Waals surface area contributed by atoms with Gasteiger partial charge >= 0.3 is 0 Å². The minimum absolute atomic E-state index is 0.0358. The summed E-state index contributed by atoms with van der Waals surface area (Å²) in [4.78, 5) is 0. The SMILES string of the molecule is CCC(O)C(O)C(O)C(O)CC(C)(C)C.CCCCCC=CNCCC.COC1OC(C(C)(C)C)C(O)C(O)C1C.COC1OC(CC(C)(C)C)C(O)C(O)C1O. The van der Waals surface area contributed by atoms with Gasteiger partial charge in [-0.1, -0.05) is 109 Å². The molecule has 2 rings (SSSR count). The molecule has 0 bridgehead atoms. The van der Waals surface area contributed by atoms with Crippen LogP contribution in [0.5, 0.6) is 0 Å². The number of nitrogens with one attached hydrogen (secondary N) is 1. The topological polar surface area (TPSA) is 231 Å². The molecule has 57 heavy (non-hydrogen) atoms. The quantitative estimate of drug-likeness (QED) is 0.105. The van der Waals surface area contributed by atoms with Crippen LogP contribution < -0.4 is 5.32 Å². The molecule has 14 atom stereocenters. The van der Waals surface area contributed by atoms with Gasteiger partial charge in [0.15, 0.2) is 12.6 Å². The first kappa shape index (κ1) is 58.1. The standard InChI is InChI=1S/C11H22O5.C11H22O4.C11H24O4.C10H21N/c1-11(2,3)5-6-7(12)8(13)9(14)10(15-4)16-6;1-6-7(12)8(13)9(11(2,3)4)15-10(6)14-5;1-5-7(12)9(14)10(15)8(13)6-11(2,3)4;1-3-5-6-7-8-10-11-9-4-2/h6-10,12-14H,5H2,1-4H3;6-10,12-13H,1-5H3;7-10,12-15H,5-6H2,1-4H3;8,10-11H,3-7,9H2,1-2H3. The molecule has 2 aliphatic rings. The number of aliphatic hydroxyl groups is 9. The molecular formula is C43H89NO13. The second-order valence-electron chi connectivity index (χ2n) is 19.0. The molecule has 14 heteroatoms. The molecule has 0 aromatic carbocycles. The molecule has 2 fully saturated rings. The van der Waals surface area contributed by atoms with Crippen LogP contribution in [0.1, 0.15) is 141 Å². The highest BCUT2D eigenvalue weighted by atomic mass is 16.7. The fraction of sp³-hybridized carbons (Fsp3) is 0.953. The number of rotatable bonds is 15. The molecule has 0 amide bonds. The van der Waals surface area contributed by atoms with E-state index in [0.29, 0.717) is 19.3 Å². The van der Waals surface area contributed by atoms with Gasteiger partial charge in [-0.15, -0.1) is 0 Å². The van der Waals surface area contributed by atoms with Crippen molar-refractivity contribution in [3.63, 3.8) is 0 Å². The summed E-state index contributed by atoms with van der Waals surface area (Å²) in [5, 5.41) is 90.1. The van der Waals surface area contributed by atoms with Gasteiger partial charge in [-0.05, 0) is 61.0 Å². The second kappa shape index (κ2) is 28.5. The average Bonchev–Trinajstić information content (AvgIpc) is 3.12. The Kier molecular flexibility index (Phi) is 29.1. The van der Waals surface area contributed by atoms with Gasteiger partial charge in [-0.2, -0.15) is 0 Å². The van der Waals surface area contributed by atoms with Crippen LogP contribution in [0.4, 0.5) is 0 Å². The first-order valence-electron chi connectivity index (χ1n) is 21.0. The smallest absolute Gasteiger partial charge is 0.186 e. The van der Waals surface area contributed by atoms with E-state index < -0.39 is 79.7 Å². The zero-order valence-electron chi connectivity index (χ0n) is 38.3. The maximum absolute atomic E-state index is 9.93. The Morgan fingerprint density at radius 3 is 1.63 bits per heavy atom. The van der Waals surface area contributed by atoms with Crippen LogP contribution >= 0.6 is 0 Å². The van der Waals surface area contributed by atoms with Gasteiger partial charge in [0.25, 0.3) is 0 Å². The molecule has 0 aromatic rings. The highest BCUT2D eigenvalue weighted by Gasteiger charge is 2.47. The Balaban J connectivity index is 0. The number of hydrogen-bond acceptors (Lipinski definition) is 14. The van der Waals surface area contributed by atoms with E-state index in [-0.39, 0.29) is 22.2 Å². The van der Waals surface area contributed by atoms with Crippen molar-refractivity contribution < 1.29 is 64.9 Å². The summed E-state index contributed by atoms with van der Waals surface area (Å²) in [6.45, 7) is 26.8. The van der Waals surface area contributed by atoms with E-state index in [1.807, 2.05) is 62.3 Å². The first-order valence-corrected chi connectivity index (χ1v) is 21.0. The second-order valence-corrected chi connectivity index (χ2v) is 19.0. The molecule has 0 aromatic heterocycles. The van der Waals surface area contributed by atoms with Crippen molar-refractivity contribution >= 4 is 0 Å². The third-order valence-electron chi connectivity index (χ3n) is 9.69. The lowest BCUT2D eigenvalue weighted by atomic mass is 9.79. The third-order valence-corrected chi connectivity index (χ3v) is 9.69. The van der Waals surface area contributed by atoms with E-state index in [0.717, 1.165) is 6.54 Å². The highest BCUT2D eigenvalue weighted by molar-refractivity contribution is 4.93. The lowest BCUT2D eigenvalue weighted by Gasteiger charge is -2.45. The molecule has 0 spiro atoms. The van der Waals surface area contributed by atoms with Gasteiger partial charge in [0.05, 0.1) is 30.5 Å². The molecule has 344 valence electrons. The van der Waals surface area contributed by atoms with E-state index in [9.17, 15) is 46.0 Å². The van der Waals surface area contributed by atoms with Crippen LogP contribution in [0.3, 0.4) is 0 Å². The molecule has 2 saturated heterocycles. The van der Waals surface area contributed by atoms with Crippen molar-refractivity contribution in [1.82, 2.24) is 5.32 Å². The van der Waals surface area contributed by atoms with E-state index >= 15 is 0 Å². The van der Waals surface area contributed by atoms with Crippen molar-refractivity contribution in [2.45, 2.75) is 221 Å². The predicted molar refractivity (Wildman–Crippen MR) is 224 cm³/mol. The van der Waals surface area contributed by atoms with E-state index in [1.54, 1.807) is 21.0 Å². The maximum atomic E-state index is 9.93. The van der Waals surface area contributed by atoms with Crippen molar-refractivity contribution in [3.8, 4) is 0 Å². The number of aliphatic hydroxyl groups excluding tert-OH is 9. The van der Waals surface area contributed by atoms with Crippen LogP contribution in [0.15, 0.2) is 12.3 Å². The van der Waals surface area contributed by atoms with Crippen LogP contribution in [-0.4, -0.2) is 146 Å².